The van der Waals surface area contributed by atoms with Crippen molar-refractivity contribution in [2.24, 2.45) is 0 Å². The Hall–Kier alpha value is -3.13. The van der Waals surface area contributed by atoms with Crippen molar-refractivity contribution in [3.8, 4) is 10.6 Å². The smallest absolute Gasteiger partial charge is 0.312 e. The number of hydrogen-bond acceptors (Lipinski definition) is 7. The average Bonchev–Trinajstić information content (AvgIpc) is 3.09. The molecule has 126 valence electrons. The maximum Gasteiger partial charge on any atom is 0.312 e. The Labute approximate surface area is 147 Å². The fourth-order valence-electron chi connectivity index (χ4n) is 2.09. The number of benzene rings is 1. The van der Waals surface area contributed by atoms with E-state index >= 15 is 0 Å². The summed E-state index contributed by atoms with van der Waals surface area (Å²) in [6.07, 6.45) is 3.48. The van der Waals surface area contributed by atoms with Crippen molar-refractivity contribution in [1.29, 1.82) is 0 Å². The number of pyridine rings is 1. The first kappa shape index (κ1) is 16.7. The van der Waals surface area contributed by atoms with Crippen molar-refractivity contribution in [2.75, 3.05) is 0 Å². The highest BCUT2D eigenvalue weighted by Crippen LogP contribution is 2.23. The summed E-state index contributed by atoms with van der Waals surface area (Å²) < 4.78 is 5.19. The number of hydrogen-bond donors (Lipinski definition) is 0. The minimum Gasteiger partial charge on any atom is -0.461 e. The Morgan fingerprint density at radius 1 is 1.24 bits per heavy atom. The number of non-ortho nitro benzene ring substituents is 1. The maximum atomic E-state index is 11.9. The molecule has 0 saturated carbocycles. The molecule has 0 radical (unpaired) electrons. The zero-order valence-corrected chi connectivity index (χ0v) is 13.8. The maximum absolute atomic E-state index is 11.9. The minimum absolute atomic E-state index is 0.000445. The van der Waals surface area contributed by atoms with E-state index in [0.29, 0.717) is 11.3 Å². The molecule has 8 heteroatoms. The third-order valence-electron chi connectivity index (χ3n) is 3.33. The SMILES string of the molecule is O=C(Cc1csc(-c2cccnc2)n1)OCc1ccc([N+](=O)[O-])cc1. The summed E-state index contributed by atoms with van der Waals surface area (Å²) in [7, 11) is 0. The van der Waals surface area contributed by atoms with Gasteiger partial charge < -0.3 is 4.74 Å². The van der Waals surface area contributed by atoms with Crippen LogP contribution in [-0.4, -0.2) is 20.9 Å². The summed E-state index contributed by atoms with van der Waals surface area (Å²) in [5.41, 5.74) is 2.23. The fraction of sp³-hybridized carbons (Fsp3) is 0.118. The molecular formula is C17H13N3O4S. The molecule has 2 aromatic heterocycles. The summed E-state index contributed by atoms with van der Waals surface area (Å²) in [4.78, 5) is 30.5. The van der Waals surface area contributed by atoms with Gasteiger partial charge in [0.2, 0.25) is 0 Å². The van der Waals surface area contributed by atoms with Crippen molar-refractivity contribution in [3.05, 3.63) is 75.5 Å². The van der Waals surface area contributed by atoms with Crippen LogP contribution in [0.1, 0.15) is 11.3 Å². The predicted molar refractivity (Wildman–Crippen MR) is 91.9 cm³/mol. The van der Waals surface area contributed by atoms with Gasteiger partial charge in [0.15, 0.2) is 0 Å². The standard InChI is InChI=1S/C17H13N3O4S/c21-16(24-10-12-3-5-15(6-4-12)20(22)23)8-14-11-25-17(19-14)13-2-1-7-18-9-13/h1-7,9,11H,8,10H2. The molecule has 0 N–H and O–H groups in total. The second kappa shape index (κ2) is 7.63. The van der Waals surface area contributed by atoms with E-state index in [1.54, 1.807) is 24.5 Å². The van der Waals surface area contributed by atoms with Gasteiger partial charge in [0.25, 0.3) is 5.69 Å². The number of carbonyl (C=O) groups excluding carboxylic acids is 1. The average molecular weight is 355 g/mol. The van der Waals surface area contributed by atoms with Gasteiger partial charge in [0, 0.05) is 35.5 Å². The van der Waals surface area contributed by atoms with E-state index in [-0.39, 0.29) is 18.7 Å². The fourth-order valence-corrected chi connectivity index (χ4v) is 2.90. The van der Waals surface area contributed by atoms with E-state index in [4.69, 9.17) is 4.74 Å². The number of nitro benzene ring substituents is 1. The monoisotopic (exact) mass is 355 g/mol. The van der Waals surface area contributed by atoms with Crippen molar-refractivity contribution >= 4 is 23.0 Å². The highest BCUT2D eigenvalue weighted by Gasteiger charge is 2.11. The van der Waals surface area contributed by atoms with Gasteiger partial charge in [0.05, 0.1) is 17.0 Å². The first-order valence-corrected chi connectivity index (χ1v) is 8.23. The first-order valence-electron chi connectivity index (χ1n) is 7.35. The van der Waals surface area contributed by atoms with Crippen LogP contribution in [0.2, 0.25) is 0 Å². The quantitative estimate of drug-likeness (QED) is 0.382. The van der Waals surface area contributed by atoms with Crippen molar-refractivity contribution < 1.29 is 14.5 Å². The van der Waals surface area contributed by atoms with Gasteiger partial charge in [-0.25, -0.2) is 4.98 Å². The molecule has 0 unspecified atom stereocenters. The molecule has 0 amide bonds. The number of nitro groups is 1. The van der Waals surface area contributed by atoms with E-state index in [1.807, 2.05) is 17.5 Å². The van der Waals surface area contributed by atoms with Crippen LogP contribution in [0.4, 0.5) is 5.69 Å². The molecule has 7 nitrogen and oxygen atoms in total. The lowest BCUT2D eigenvalue weighted by Crippen LogP contribution is -2.08. The molecule has 0 aliphatic rings. The van der Waals surface area contributed by atoms with Crippen LogP contribution < -0.4 is 0 Å². The Morgan fingerprint density at radius 2 is 2.04 bits per heavy atom. The predicted octanol–water partition coefficient (Wildman–Crippen LogP) is 3.40. The number of aromatic nitrogens is 2. The lowest BCUT2D eigenvalue weighted by atomic mass is 10.2. The second-order valence-corrected chi connectivity index (χ2v) is 6.00. The number of thiazole rings is 1. The molecule has 0 aliphatic heterocycles. The van der Waals surface area contributed by atoms with Crippen LogP contribution in [-0.2, 0) is 22.6 Å². The second-order valence-electron chi connectivity index (χ2n) is 5.15. The summed E-state index contributed by atoms with van der Waals surface area (Å²) in [5.74, 6) is -0.401. The van der Waals surface area contributed by atoms with Gasteiger partial charge >= 0.3 is 5.97 Å². The van der Waals surface area contributed by atoms with Gasteiger partial charge in [-0.2, -0.15) is 0 Å². The van der Waals surface area contributed by atoms with Crippen LogP contribution in [0.5, 0.6) is 0 Å². The van der Waals surface area contributed by atoms with Gasteiger partial charge in [0.1, 0.15) is 11.6 Å². The van der Waals surface area contributed by atoms with E-state index in [1.165, 1.54) is 23.5 Å². The summed E-state index contributed by atoms with van der Waals surface area (Å²) in [5, 5.41) is 13.2. The molecule has 2 heterocycles. The molecule has 0 bridgehead atoms. The normalized spacial score (nSPS) is 10.4. The Kier molecular flexibility index (Phi) is 5.10. The van der Waals surface area contributed by atoms with Crippen LogP contribution in [0.15, 0.2) is 54.2 Å². The lowest BCUT2D eigenvalue weighted by molar-refractivity contribution is -0.384. The van der Waals surface area contributed by atoms with Crippen LogP contribution in [0.25, 0.3) is 10.6 Å². The number of rotatable bonds is 6. The Bertz CT molecular complexity index is 878. The number of ether oxygens (including phenoxy) is 1. The Morgan fingerprint density at radius 3 is 2.72 bits per heavy atom. The van der Waals surface area contributed by atoms with E-state index < -0.39 is 10.9 Å². The molecule has 3 rings (SSSR count). The van der Waals surface area contributed by atoms with Gasteiger partial charge in [-0.1, -0.05) is 0 Å². The van der Waals surface area contributed by atoms with E-state index in [9.17, 15) is 14.9 Å². The summed E-state index contributed by atoms with van der Waals surface area (Å²) in [6, 6.07) is 9.62. The van der Waals surface area contributed by atoms with Gasteiger partial charge in [-0.05, 0) is 29.8 Å². The van der Waals surface area contributed by atoms with Crippen LogP contribution >= 0.6 is 11.3 Å². The summed E-state index contributed by atoms with van der Waals surface area (Å²) >= 11 is 1.44. The number of carbonyl (C=O) groups is 1. The molecule has 25 heavy (non-hydrogen) atoms. The third-order valence-corrected chi connectivity index (χ3v) is 4.27. The molecule has 1 aromatic carbocycles. The van der Waals surface area contributed by atoms with Crippen LogP contribution in [0.3, 0.4) is 0 Å². The molecule has 0 spiro atoms. The molecule has 0 aliphatic carbocycles. The topological polar surface area (TPSA) is 95.2 Å². The largest absolute Gasteiger partial charge is 0.461 e. The molecule has 3 aromatic rings. The lowest BCUT2D eigenvalue weighted by Gasteiger charge is -2.03. The highest BCUT2D eigenvalue weighted by molar-refractivity contribution is 7.13. The highest BCUT2D eigenvalue weighted by atomic mass is 32.1. The third kappa shape index (κ3) is 4.45. The first-order chi connectivity index (χ1) is 12.1. The van der Waals surface area contributed by atoms with Crippen molar-refractivity contribution in [1.82, 2.24) is 9.97 Å². The summed E-state index contributed by atoms with van der Waals surface area (Å²) in [6.45, 7) is 0.0659. The van der Waals surface area contributed by atoms with Crippen LogP contribution in [0, 0.1) is 10.1 Å². The van der Waals surface area contributed by atoms with Gasteiger partial charge in [-0.3, -0.25) is 19.9 Å². The molecule has 0 saturated heterocycles. The number of esters is 1. The van der Waals surface area contributed by atoms with E-state index in [2.05, 4.69) is 9.97 Å². The number of nitrogens with zero attached hydrogens (tertiary/aromatic N) is 3. The van der Waals surface area contributed by atoms with Crippen molar-refractivity contribution in [3.63, 3.8) is 0 Å². The molecular weight excluding hydrogens is 342 g/mol. The Balaban J connectivity index is 1.54. The zero-order chi connectivity index (χ0) is 17.6. The zero-order valence-electron chi connectivity index (χ0n) is 13.0. The molecule has 0 atom stereocenters. The van der Waals surface area contributed by atoms with Gasteiger partial charge in [-0.15, -0.1) is 11.3 Å². The minimum atomic E-state index is -0.474. The van der Waals surface area contributed by atoms with Crippen molar-refractivity contribution in [2.45, 2.75) is 13.0 Å². The molecule has 0 fully saturated rings. The van der Waals surface area contributed by atoms with E-state index in [0.717, 1.165) is 10.6 Å².